The lowest BCUT2D eigenvalue weighted by molar-refractivity contribution is 0.550. The number of aromatic amines is 1. The standard InChI is InChI=1S/C9H10N4O3S/c14-9-12-7-3-10-5-11-8(7)13(9)6-1-2-17(15,16)4-6/h3,5-6H,1-2,4H2,(H,12,14). The summed E-state index contributed by atoms with van der Waals surface area (Å²) < 4.78 is 24.3. The van der Waals surface area contributed by atoms with Crippen LogP contribution in [-0.4, -0.2) is 39.4 Å². The minimum absolute atomic E-state index is 0.00383. The molecule has 1 fully saturated rings. The van der Waals surface area contributed by atoms with Gasteiger partial charge in [0.1, 0.15) is 11.8 Å². The third-order valence-corrected chi connectivity index (χ3v) is 4.70. The lowest BCUT2D eigenvalue weighted by Crippen LogP contribution is -2.23. The highest BCUT2D eigenvalue weighted by Crippen LogP contribution is 2.24. The van der Waals surface area contributed by atoms with E-state index in [-0.39, 0.29) is 23.2 Å². The fraction of sp³-hybridized carbons (Fsp3) is 0.444. The maximum absolute atomic E-state index is 11.8. The molecule has 17 heavy (non-hydrogen) atoms. The van der Waals surface area contributed by atoms with Crippen LogP contribution in [0.25, 0.3) is 11.2 Å². The molecule has 3 rings (SSSR count). The molecule has 2 aromatic heterocycles. The van der Waals surface area contributed by atoms with Crippen LogP contribution in [0.1, 0.15) is 12.5 Å². The van der Waals surface area contributed by atoms with Crippen LogP contribution in [-0.2, 0) is 9.84 Å². The van der Waals surface area contributed by atoms with Gasteiger partial charge in [0.25, 0.3) is 0 Å². The minimum Gasteiger partial charge on any atom is -0.303 e. The van der Waals surface area contributed by atoms with Crippen LogP contribution in [0.5, 0.6) is 0 Å². The second-order valence-electron chi connectivity index (χ2n) is 4.12. The number of rotatable bonds is 1. The number of imidazole rings is 1. The van der Waals surface area contributed by atoms with Gasteiger partial charge in [-0.1, -0.05) is 0 Å². The average Bonchev–Trinajstić information content (AvgIpc) is 2.77. The van der Waals surface area contributed by atoms with Gasteiger partial charge in [0.05, 0.1) is 23.7 Å². The summed E-state index contributed by atoms with van der Waals surface area (Å²) in [5.41, 5.74) is 0.663. The van der Waals surface area contributed by atoms with E-state index in [1.165, 1.54) is 17.1 Å². The zero-order valence-corrected chi connectivity index (χ0v) is 9.64. The van der Waals surface area contributed by atoms with E-state index in [1.807, 2.05) is 0 Å². The highest BCUT2D eigenvalue weighted by Gasteiger charge is 2.31. The summed E-state index contributed by atoms with van der Waals surface area (Å²) >= 11 is 0. The molecular formula is C9H10N4O3S. The first-order chi connectivity index (χ1) is 8.07. The molecule has 3 heterocycles. The average molecular weight is 254 g/mol. The number of nitrogens with zero attached hydrogens (tertiary/aromatic N) is 3. The summed E-state index contributed by atoms with van der Waals surface area (Å²) in [6, 6.07) is -0.323. The Bertz CT molecular complexity index is 730. The molecule has 0 saturated carbocycles. The Kier molecular flexibility index (Phi) is 2.09. The normalized spacial score (nSPS) is 23.2. The molecule has 8 heteroatoms. The molecule has 90 valence electrons. The van der Waals surface area contributed by atoms with Crippen LogP contribution in [0.4, 0.5) is 0 Å². The number of fused-ring (bicyclic) bond motifs is 1. The second kappa shape index (κ2) is 3.39. The number of sulfone groups is 1. The highest BCUT2D eigenvalue weighted by atomic mass is 32.2. The van der Waals surface area contributed by atoms with Crippen molar-refractivity contribution in [3.8, 4) is 0 Å². The Labute approximate surface area is 96.4 Å². The van der Waals surface area contributed by atoms with Gasteiger partial charge in [-0.05, 0) is 6.42 Å². The summed E-state index contributed by atoms with van der Waals surface area (Å²) in [6.07, 6.45) is 3.30. The van der Waals surface area contributed by atoms with Gasteiger partial charge < -0.3 is 4.98 Å². The first kappa shape index (κ1) is 10.5. The Morgan fingerprint density at radius 2 is 2.29 bits per heavy atom. The van der Waals surface area contributed by atoms with Crippen LogP contribution >= 0.6 is 0 Å². The lowest BCUT2D eigenvalue weighted by Gasteiger charge is -2.08. The number of hydrogen-bond donors (Lipinski definition) is 1. The van der Waals surface area contributed by atoms with Crippen molar-refractivity contribution < 1.29 is 8.42 Å². The molecule has 1 saturated heterocycles. The fourth-order valence-electron chi connectivity index (χ4n) is 2.19. The summed E-state index contributed by atoms with van der Waals surface area (Å²) in [5.74, 6) is 0.131. The molecule has 1 N–H and O–H groups in total. The Hall–Kier alpha value is -1.70. The van der Waals surface area contributed by atoms with Crippen LogP contribution in [0.3, 0.4) is 0 Å². The second-order valence-corrected chi connectivity index (χ2v) is 6.35. The zero-order valence-electron chi connectivity index (χ0n) is 8.83. The third kappa shape index (κ3) is 1.64. The molecule has 1 atom stereocenters. The largest absolute Gasteiger partial charge is 0.328 e. The van der Waals surface area contributed by atoms with Gasteiger partial charge in [0.15, 0.2) is 15.5 Å². The topological polar surface area (TPSA) is 97.7 Å². The molecule has 0 aliphatic carbocycles. The van der Waals surface area contributed by atoms with Crippen LogP contribution in [0.15, 0.2) is 17.3 Å². The minimum atomic E-state index is -3.02. The van der Waals surface area contributed by atoms with Crippen molar-refractivity contribution >= 4 is 21.0 Å². The summed E-state index contributed by atoms with van der Waals surface area (Å²) in [6.45, 7) is 0. The van der Waals surface area contributed by atoms with Crippen molar-refractivity contribution in [1.29, 1.82) is 0 Å². The summed E-state index contributed by atoms with van der Waals surface area (Å²) in [7, 11) is -3.02. The molecule has 0 radical (unpaired) electrons. The van der Waals surface area contributed by atoms with Crippen molar-refractivity contribution in [2.24, 2.45) is 0 Å². The van der Waals surface area contributed by atoms with Gasteiger partial charge in [0, 0.05) is 0 Å². The maximum atomic E-state index is 11.8. The molecular weight excluding hydrogens is 244 g/mol. The van der Waals surface area contributed by atoms with Crippen molar-refractivity contribution in [2.45, 2.75) is 12.5 Å². The Morgan fingerprint density at radius 3 is 3.00 bits per heavy atom. The molecule has 2 aromatic rings. The smallest absolute Gasteiger partial charge is 0.303 e. The van der Waals surface area contributed by atoms with Gasteiger partial charge in [0.2, 0.25) is 0 Å². The monoisotopic (exact) mass is 254 g/mol. The predicted molar refractivity (Wildman–Crippen MR) is 60.5 cm³/mol. The fourth-order valence-corrected chi connectivity index (χ4v) is 3.89. The van der Waals surface area contributed by atoms with Gasteiger partial charge in [-0.2, -0.15) is 0 Å². The quantitative estimate of drug-likeness (QED) is 0.738. The Morgan fingerprint density at radius 1 is 1.47 bits per heavy atom. The van der Waals surface area contributed by atoms with Crippen LogP contribution in [0, 0.1) is 0 Å². The number of H-pyrrole nitrogens is 1. The molecule has 7 nitrogen and oxygen atoms in total. The Balaban J connectivity index is 2.18. The van der Waals surface area contributed by atoms with Crippen molar-refractivity contribution in [3.63, 3.8) is 0 Å². The molecule has 0 aromatic carbocycles. The predicted octanol–water partition coefficient (Wildman–Crippen LogP) is -0.521. The SMILES string of the molecule is O=c1[nH]c2cncnc2n1C1CCS(=O)(=O)C1. The van der Waals surface area contributed by atoms with E-state index in [2.05, 4.69) is 15.0 Å². The van der Waals surface area contributed by atoms with Gasteiger partial charge >= 0.3 is 5.69 Å². The van der Waals surface area contributed by atoms with Crippen LogP contribution < -0.4 is 5.69 Å². The maximum Gasteiger partial charge on any atom is 0.328 e. The molecule has 0 spiro atoms. The van der Waals surface area contributed by atoms with Gasteiger partial charge in [-0.25, -0.2) is 23.2 Å². The van der Waals surface area contributed by atoms with E-state index < -0.39 is 9.84 Å². The van der Waals surface area contributed by atoms with Gasteiger partial charge in [-0.15, -0.1) is 0 Å². The van der Waals surface area contributed by atoms with Gasteiger partial charge in [-0.3, -0.25) is 4.57 Å². The summed E-state index contributed by atoms with van der Waals surface area (Å²) in [4.78, 5) is 22.2. The molecule has 1 aliphatic rings. The van der Waals surface area contributed by atoms with Crippen LogP contribution in [0.2, 0.25) is 0 Å². The molecule has 0 amide bonds. The molecule has 1 aliphatic heterocycles. The zero-order chi connectivity index (χ0) is 12.0. The van der Waals surface area contributed by atoms with E-state index in [4.69, 9.17) is 0 Å². The lowest BCUT2D eigenvalue weighted by atomic mass is 10.2. The first-order valence-electron chi connectivity index (χ1n) is 5.17. The van der Waals surface area contributed by atoms with E-state index in [1.54, 1.807) is 0 Å². The van der Waals surface area contributed by atoms with Crippen molar-refractivity contribution in [2.75, 3.05) is 11.5 Å². The molecule has 1 unspecified atom stereocenters. The van der Waals surface area contributed by atoms with E-state index >= 15 is 0 Å². The van der Waals surface area contributed by atoms with E-state index in [9.17, 15) is 13.2 Å². The number of aromatic nitrogens is 4. The van der Waals surface area contributed by atoms with E-state index in [0.29, 0.717) is 17.6 Å². The molecule has 0 bridgehead atoms. The van der Waals surface area contributed by atoms with E-state index in [0.717, 1.165) is 0 Å². The third-order valence-electron chi connectivity index (χ3n) is 2.95. The van der Waals surface area contributed by atoms with Crippen molar-refractivity contribution in [1.82, 2.24) is 19.5 Å². The number of nitrogens with one attached hydrogen (secondary N) is 1. The highest BCUT2D eigenvalue weighted by molar-refractivity contribution is 7.91. The number of hydrogen-bond acceptors (Lipinski definition) is 5. The van der Waals surface area contributed by atoms with Crippen molar-refractivity contribution in [3.05, 3.63) is 23.0 Å². The summed E-state index contributed by atoms with van der Waals surface area (Å²) in [5, 5.41) is 0. The first-order valence-corrected chi connectivity index (χ1v) is 6.99.